The quantitative estimate of drug-likeness (QED) is 0.435. The van der Waals surface area contributed by atoms with Crippen LogP contribution in [0.15, 0.2) is 60.7 Å². The van der Waals surface area contributed by atoms with Gasteiger partial charge in [-0.1, -0.05) is 60.7 Å². The number of nitrogens with one attached hydrogen (secondary N) is 1. The second-order valence-corrected chi connectivity index (χ2v) is 10.3. The van der Waals surface area contributed by atoms with Crippen molar-refractivity contribution in [3.63, 3.8) is 0 Å². The summed E-state index contributed by atoms with van der Waals surface area (Å²) in [5, 5.41) is 12.2. The van der Waals surface area contributed by atoms with Gasteiger partial charge in [0.25, 0.3) is 0 Å². The van der Waals surface area contributed by atoms with Crippen molar-refractivity contribution in [3.8, 4) is 0 Å². The van der Waals surface area contributed by atoms with Gasteiger partial charge < -0.3 is 43.9 Å². The lowest BCUT2D eigenvalue weighted by atomic mass is 10.2. The van der Waals surface area contributed by atoms with Gasteiger partial charge in [0.1, 0.15) is 19.7 Å². The molecule has 0 bridgehead atoms. The lowest BCUT2D eigenvalue weighted by Crippen LogP contribution is -2.44. The first-order chi connectivity index (χ1) is 22.4. The maximum atomic E-state index is 13.1. The number of ether oxygens (including phenoxy) is 5. The minimum absolute atomic E-state index is 0.0955. The fraction of sp³-hybridized carbons (Fsp3) is 0.500. The fourth-order valence-electron chi connectivity index (χ4n) is 4.36. The van der Waals surface area contributed by atoms with Gasteiger partial charge >= 0.3 is 12.2 Å². The van der Waals surface area contributed by atoms with E-state index in [1.165, 1.54) is 4.90 Å². The Morgan fingerprint density at radius 2 is 1.13 bits per heavy atom. The predicted molar refractivity (Wildman–Crippen MR) is 166 cm³/mol. The van der Waals surface area contributed by atoms with E-state index in [0.29, 0.717) is 0 Å². The fourth-order valence-corrected chi connectivity index (χ4v) is 4.36. The molecule has 0 aromatic heterocycles. The molecule has 1 aliphatic rings. The second kappa shape index (κ2) is 21.5. The molecule has 2 aromatic rings. The minimum Gasteiger partial charge on any atom is -0.465 e. The van der Waals surface area contributed by atoms with E-state index in [-0.39, 0.29) is 117 Å². The van der Waals surface area contributed by atoms with E-state index >= 15 is 0 Å². The SMILES string of the molecule is O=C(NCC(=O)N1CCOCCOCCN(C(=O)CN(Cc2ccccc2)C(=O)O)CCOCCOCC1)OCc1ccccc1. The van der Waals surface area contributed by atoms with Crippen molar-refractivity contribution < 1.29 is 48.0 Å². The van der Waals surface area contributed by atoms with E-state index in [1.54, 1.807) is 4.90 Å². The van der Waals surface area contributed by atoms with Crippen molar-refractivity contribution in [2.45, 2.75) is 13.2 Å². The van der Waals surface area contributed by atoms with Gasteiger partial charge in [0, 0.05) is 32.7 Å². The van der Waals surface area contributed by atoms with Gasteiger partial charge in [-0.3, -0.25) is 14.5 Å². The van der Waals surface area contributed by atoms with Crippen LogP contribution in [0.2, 0.25) is 0 Å². The number of benzene rings is 2. The molecular formula is C32H44N4O10. The summed E-state index contributed by atoms with van der Waals surface area (Å²) in [6, 6.07) is 18.3. The molecule has 1 saturated heterocycles. The molecule has 14 nitrogen and oxygen atoms in total. The molecule has 252 valence electrons. The van der Waals surface area contributed by atoms with Crippen LogP contribution in [0.4, 0.5) is 9.59 Å². The summed E-state index contributed by atoms with van der Waals surface area (Å²) >= 11 is 0. The molecule has 14 heteroatoms. The number of carbonyl (C=O) groups is 4. The molecular weight excluding hydrogens is 600 g/mol. The van der Waals surface area contributed by atoms with Crippen LogP contribution in [-0.2, 0) is 46.4 Å². The Bertz CT molecular complexity index is 1170. The van der Waals surface area contributed by atoms with E-state index in [0.717, 1.165) is 16.0 Å². The zero-order valence-corrected chi connectivity index (χ0v) is 26.1. The number of nitrogens with zero attached hydrogens (tertiary/aromatic N) is 3. The first kappa shape index (κ1) is 36.2. The molecule has 0 atom stereocenters. The number of rotatable bonds is 8. The largest absolute Gasteiger partial charge is 0.465 e. The zero-order valence-electron chi connectivity index (χ0n) is 26.1. The number of amides is 4. The van der Waals surface area contributed by atoms with Gasteiger partial charge in [-0.05, 0) is 11.1 Å². The maximum Gasteiger partial charge on any atom is 0.408 e. The monoisotopic (exact) mass is 644 g/mol. The standard InChI is InChI=1S/C32H44N4O10/c37-29(23-33-31(39)46-26-28-9-5-2-6-10-28)34-11-15-42-19-21-44-17-13-35(14-18-45-22-20-43-16-12-34)30(38)25-36(32(40)41)24-27-7-3-1-4-8-27/h1-10H,11-26H2,(H,33,39)(H,40,41). The van der Waals surface area contributed by atoms with Crippen molar-refractivity contribution in [1.82, 2.24) is 20.0 Å². The van der Waals surface area contributed by atoms with Crippen LogP contribution in [0.3, 0.4) is 0 Å². The number of carboxylic acid groups (broad SMARTS) is 1. The van der Waals surface area contributed by atoms with Gasteiger partial charge in [0.2, 0.25) is 11.8 Å². The highest BCUT2D eigenvalue weighted by atomic mass is 16.5. The highest BCUT2D eigenvalue weighted by molar-refractivity contribution is 5.82. The van der Waals surface area contributed by atoms with Crippen LogP contribution in [0.25, 0.3) is 0 Å². The Balaban J connectivity index is 1.42. The second-order valence-electron chi connectivity index (χ2n) is 10.3. The molecule has 1 fully saturated rings. The molecule has 1 heterocycles. The van der Waals surface area contributed by atoms with Crippen LogP contribution >= 0.6 is 0 Å². The Kier molecular flexibility index (Phi) is 16.9. The highest BCUT2D eigenvalue weighted by Gasteiger charge is 2.21. The third-order valence-corrected chi connectivity index (χ3v) is 6.88. The summed E-state index contributed by atoms with van der Waals surface area (Å²) in [6.07, 6.45) is -1.87. The van der Waals surface area contributed by atoms with E-state index in [9.17, 15) is 24.3 Å². The van der Waals surface area contributed by atoms with Crippen molar-refractivity contribution >= 4 is 24.0 Å². The molecule has 0 radical (unpaired) electrons. The van der Waals surface area contributed by atoms with Gasteiger partial charge in [0.05, 0.1) is 52.9 Å². The zero-order chi connectivity index (χ0) is 32.8. The van der Waals surface area contributed by atoms with Gasteiger partial charge in [-0.15, -0.1) is 0 Å². The van der Waals surface area contributed by atoms with Crippen LogP contribution in [0, 0.1) is 0 Å². The predicted octanol–water partition coefficient (Wildman–Crippen LogP) is 1.83. The molecule has 3 rings (SSSR count). The Hall–Kier alpha value is -4.24. The van der Waals surface area contributed by atoms with Crippen molar-refractivity contribution in [1.29, 1.82) is 0 Å². The highest BCUT2D eigenvalue weighted by Crippen LogP contribution is 2.06. The van der Waals surface area contributed by atoms with Crippen LogP contribution in [-0.4, -0.2) is 136 Å². The summed E-state index contributed by atoms with van der Waals surface area (Å²) in [4.78, 5) is 53.9. The van der Waals surface area contributed by atoms with Crippen molar-refractivity contribution in [2.24, 2.45) is 0 Å². The molecule has 0 saturated carbocycles. The van der Waals surface area contributed by atoms with Crippen LogP contribution < -0.4 is 5.32 Å². The average Bonchev–Trinajstić information content (AvgIpc) is 3.06. The van der Waals surface area contributed by atoms with Gasteiger partial charge in [0.15, 0.2) is 0 Å². The van der Waals surface area contributed by atoms with Crippen LogP contribution in [0.5, 0.6) is 0 Å². The first-order valence-electron chi connectivity index (χ1n) is 15.2. The summed E-state index contributed by atoms with van der Waals surface area (Å²) in [6.45, 7) is 2.73. The summed E-state index contributed by atoms with van der Waals surface area (Å²) < 4.78 is 27.7. The molecule has 1 aliphatic heterocycles. The maximum absolute atomic E-state index is 13.1. The van der Waals surface area contributed by atoms with Gasteiger partial charge in [-0.2, -0.15) is 0 Å². The Labute approximate surface area is 269 Å². The lowest BCUT2D eigenvalue weighted by molar-refractivity contribution is -0.134. The van der Waals surface area contributed by atoms with Crippen LogP contribution in [0.1, 0.15) is 11.1 Å². The summed E-state index contributed by atoms with van der Waals surface area (Å²) in [5.74, 6) is -0.656. The number of hydrogen-bond acceptors (Lipinski definition) is 9. The number of alkyl carbamates (subject to hydrolysis) is 1. The molecule has 0 unspecified atom stereocenters. The molecule has 2 N–H and O–H groups in total. The smallest absolute Gasteiger partial charge is 0.408 e. The average molecular weight is 645 g/mol. The van der Waals surface area contributed by atoms with E-state index < -0.39 is 12.2 Å². The van der Waals surface area contributed by atoms with E-state index in [1.807, 2.05) is 60.7 Å². The first-order valence-corrected chi connectivity index (χ1v) is 15.2. The van der Waals surface area contributed by atoms with E-state index in [2.05, 4.69) is 5.32 Å². The third kappa shape index (κ3) is 14.7. The van der Waals surface area contributed by atoms with E-state index in [4.69, 9.17) is 23.7 Å². The van der Waals surface area contributed by atoms with Gasteiger partial charge in [-0.25, -0.2) is 9.59 Å². The molecule has 0 spiro atoms. The summed E-state index contributed by atoms with van der Waals surface area (Å²) in [5.41, 5.74) is 1.62. The minimum atomic E-state index is -1.18. The normalized spacial score (nSPS) is 16.0. The number of carbonyl (C=O) groups excluding carboxylic acids is 3. The molecule has 0 aliphatic carbocycles. The topological polar surface area (TPSA) is 156 Å². The Morgan fingerprint density at radius 3 is 1.61 bits per heavy atom. The number of hydrogen-bond donors (Lipinski definition) is 2. The molecule has 2 aromatic carbocycles. The third-order valence-electron chi connectivity index (χ3n) is 6.88. The molecule has 4 amide bonds. The van der Waals surface area contributed by atoms with Crippen molar-refractivity contribution in [3.05, 3.63) is 71.8 Å². The Morgan fingerprint density at radius 1 is 0.674 bits per heavy atom. The van der Waals surface area contributed by atoms with Crippen molar-refractivity contribution in [2.75, 3.05) is 92.1 Å². The summed E-state index contributed by atoms with van der Waals surface area (Å²) in [7, 11) is 0. The molecule has 46 heavy (non-hydrogen) atoms. The lowest BCUT2D eigenvalue weighted by Gasteiger charge is -2.26.